The van der Waals surface area contributed by atoms with Crippen molar-refractivity contribution in [3.8, 4) is 0 Å². The summed E-state index contributed by atoms with van der Waals surface area (Å²) in [6, 6.07) is 6.18. The predicted molar refractivity (Wildman–Crippen MR) is 99.0 cm³/mol. The van der Waals surface area contributed by atoms with Crippen molar-refractivity contribution in [3.05, 3.63) is 28.2 Å². The molecule has 1 aromatic carbocycles. The maximum absolute atomic E-state index is 12.6. The van der Waals surface area contributed by atoms with Crippen LogP contribution in [0.2, 0.25) is 0 Å². The summed E-state index contributed by atoms with van der Waals surface area (Å²) in [5.41, 5.74) is 1.95. The van der Waals surface area contributed by atoms with E-state index in [1.165, 1.54) is 25.7 Å². The van der Waals surface area contributed by atoms with Crippen LogP contribution in [0, 0.1) is 12.8 Å². The first-order valence-corrected chi connectivity index (χ1v) is 9.71. The lowest BCUT2D eigenvalue weighted by Gasteiger charge is -2.21. The van der Waals surface area contributed by atoms with Gasteiger partial charge in [0, 0.05) is 29.2 Å². The highest BCUT2D eigenvalue weighted by molar-refractivity contribution is 9.10. The number of carbonyl (C=O) groups is 2. The normalized spacial score (nSPS) is 22.5. The average molecular weight is 393 g/mol. The second-order valence-electron chi connectivity index (χ2n) is 7.03. The Bertz CT molecular complexity index is 624. The Morgan fingerprint density at radius 2 is 1.92 bits per heavy atom. The molecule has 2 amide bonds. The molecule has 1 aliphatic carbocycles. The molecule has 3 rings (SSSR count). The molecule has 1 saturated heterocycles. The molecule has 1 unspecified atom stereocenters. The lowest BCUT2D eigenvalue weighted by molar-refractivity contribution is -0.127. The highest BCUT2D eigenvalue weighted by Crippen LogP contribution is 2.30. The van der Waals surface area contributed by atoms with Crippen LogP contribution in [0.25, 0.3) is 0 Å². The number of aryl methyl sites for hydroxylation is 1. The third-order valence-electron chi connectivity index (χ3n) is 5.15. The molecule has 24 heavy (non-hydrogen) atoms. The minimum atomic E-state index is -0.233. The van der Waals surface area contributed by atoms with Crippen molar-refractivity contribution in [1.29, 1.82) is 0 Å². The molecule has 1 N–H and O–H groups in total. The molecule has 1 heterocycles. The van der Waals surface area contributed by atoms with Crippen molar-refractivity contribution in [2.75, 3.05) is 11.4 Å². The number of rotatable bonds is 3. The monoisotopic (exact) mass is 392 g/mol. The molecule has 0 radical (unpaired) electrons. The predicted octanol–water partition coefficient (Wildman–Crippen LogP) is 3.95. The average Bonchev–Trinajstić information content (AvgIpc) is 2.75. The van der Waals surface area contributed by atoms with Gasteiger partial charge in [0.05, 0.1) is 5.92 Å². The van der Waals surface area contributed by atoms with Crippen LogP contribution in [0.1, 0.15) is 50.5 Å². The molecule has 130 valence electrons. The van der Waals surface area contributed by atoms with Gasteiger partial charge in [-0.15, -0.1) is 0 Å². The van der Waals surface area contributed by atoms with Crippen LogP contribution in [0.15, 0.2) is 22.7 Å². The molecule has 1 aromatic rings. The van der Waals surface area contributed by atoms with E-state index < -0.39 is 0 Å². The van der Waals surface area contributed by atoms with Gasteiger partial charge in [-0.1, -0.05) is 41.6 Å². The molecule has 0 spiro atoms. The van der Waals surface area contributed by atoms with E-state index in [1.807, 2.05) is 25.1 Å². The summed E-state index contributed by atoms with van der Waals surface area (Å²) in [6.45, 7) is 2.48. The van der Waals surface area contributed by atoms with Gasteiger partial charge in [-0.3, -0.25) is 9.59 Å². The maximum atomic E-state index is 12.6. The van der Waals surface area contributed by atoms with E-state index in [4.69, 9.17) is 0 Å². The fourth-order valence-corrected chi connectivity index (χ4v) is 4.26. The molecule has 0 bridgehead atoms. The molecule has 2 fully saturated rings. The molecule has 2 aliphatic rings. The molecule has 5 heteroatoms. The standard InChI is InChI=1S/C19H25BrN2O2/c1-13-10-15(20)8-9-17(13)22-12-14(11-18(22)23)19(24)21-16-6-4-2-3-5-7-16/h8-10,14,16H,2-7,11-12H2,1H3,(H,21,24). The van der Waals surface area contributed by atoms with E-state index in [0.717, 1.165) is 28.6 Å². The summed E-state index contributed by atoms with van der Waals surface area (Å²) in [6.07, 6.45) is 7.38. The molecule has 1 saturated carbocycles. The zero-order valence-corrected chi connectivity index (χ0v) is 15.8. The van der Waals surface area contributed by atoms with Crippen LogP contribution in [-0.2, 0) is 9.59 Å². The minimum Gasteiger partial charge on any atom is -0.353 e. The Morgan fingerprint density at radius 3 is 2.58 bits per heavy atom. The fraction of sp³-hybridized carbons (Fsp3) is 0.579. The van der Waals surface area contributed by atoms with E-state index in [0.29, 0.717) is 19.0 Å². The Balaban J connectivity index is 1.64. The van der Waals surface area contributed by atoms with Gasteiger partial charge < -0.3 is 10.2 Å². The smallest absolute Gasteiger partial charge is 0.227 e. The Morgan fingerprint density at radius 1 is 1.21 bits per heavy atom. The van der Waals surface area contributed by atoms with Crippen molar-refractivity contribution in [2.45, 2.75) is 57.9 Å². The van der Waals surface area contributed by atoms with Gasteiger partial charge >= 0.3 is 0 Å². The zero-order chi connectivity index (χ0) is 17.1. The van der Waals surface area contributed by atoms with Gasteiger partial charge in [0.15, 0.2) is 0 Å². The first-order valence-electron chi connectivity index (χ1n) is 8.91. The van der Waals surface area contributed by atoms with Crippen LogP contribution in [0.5, 0.6) is 0 Å². The third-order valence-corrected chi connectivity index (χ3v) is 5.64. The third kappa shape index (κ3) is 4.00. The summed E-state index contributed by atoms with van der Waals surface area (Å²) in [5, 5.41) is 3.19. The number of halogens is 1. The van der Waals surface area contributed by atoms with Crippen LogP contribution < -0.4 is 10.2 Å². The summed E-state index contributed by atoms with van der Waals surface area (Å²) < 4.78 is 0.998. The highest BCUT2D eigenvalue weighted by Gasteiger charge is 2.36. The van der Waals surface area contributed by atoms with Crippen molar-refractivity contribution in [2.24, 2.45) is 5.92 Å². The van der Waals surface area contributed by atoms with Gasteiger partial charge in [0.25, 0.3) is 0 Å². The number of anilines is 1. The van der Waals surface area contributed by atoms with E-state index in [9.17, 15) is 9.59 Å². The van der Waals surface area contributed by atoms with Crippen molar-refractivity contribution in [3.63, 3.8) is 0 Å². The second kappa shape index (κ2) is 7.68. The number of nitrogens with zero attached hydrogens (tertiary/aromatic N) is 1. The van der Waals surface area contributed by atoms with Gasteiger partial charge in [0.2, 0.25) is 11.8 Å². The largest absolute Gasteiger partial charge is 0.353 e. The fourth-order valence-electron chi connectivity index (χ4n) is 3.78. The molecule has 1 atom stereocenters. The van der Waals surface area contributed by atoms with Gasteiger partial charge in [0.1, 0.15) is 0 Å². The molecular weight excluding hydrogens is 368 g/mol. The molecule has 4 nitrogen and oxygen atoms in total. The minimum absolute atomic E-state index is 0.0430. The van der Waals surface area contributed by atoms with E-state index in [1.54, 1.807) is 4.90 Å². The first-order chi connectivity index (χ1) is 11.5. The number of benzene rings is 1. The zero-order valence-electron chi connectivity index (χ0n) is 14.2. The van der Waals surface area contributed by atoms with Crippen molar-refractivity contribution in [1.82, 2.24) is 5.32 Å². The van der Waals surface area contributed by atoms with Crippen LogP contribution >= 0.6 is 15.9 Å². The topological polar surface area (TPSA) is 49.4 Å². The maximum Gasteiger partial charge on any atom is 0.227 e. The SMILES string of the molecule is Cc1cc(Br)ccc1N1CC(C(=O)NC2CCCCCC2)CC1=O. The van der Waals surface area contributed by atoms with Crippen LogP contribution in [0.4, 0.5) is 5.69 Å². The summed E-state index contributed by atoms with van der Waals surface area (Å²) in [7, 11) is 0. The van der Waals surface area contributed by atoms with Crippen molar-refractivity contribution < 1.29 is 9.59 Å². The number of hydrogen-bond donors (Lipinski definition) is 1. The lowest BCUT2D eigenvalue weighted by atomic mass is 10.0. The van der Waals surface area contributed by atoms with Crippen molar-refractivity contribution >= 4 is 33.4 Å². The Hall–Kier alpha value is -1.36. The van der Waals surface area contributed by atoms with E-state index in [2.05, 4.69) is 21.2 Å². The summed E-state index contributed by atoms with van der Waals surface area (Å²) in [4.78, 5) is 26.8. The number of carbonyl (C=O) groups excluding carboxylic acids is 2. The number of hydrogen-bond acceptors (Lipinski definition) is 2. The first kappa shape index (κ1) is 17.5. The van der Waals surface area contributed by atoms with Gasteiger partial charge in [-0.05, 0) is 43.5 Å². The Kier molecular flexibility index (Phi) is 5.59. The second-order valence-corrected chi connectivity index (χ2v) is 7.95. The Labute approximate surface area is 152 Å². The summed E-state index contributed by atoms with van der Waals surface area (Å²) in [5.74, 6) is -0.141. The highest BCUT2D eigenvalue weighted by atomic mass is 79.9. The molecule has 1 aliphatic heterocycles. The molecule has 0 aromatic heterocycles. The van der Waals surface area contributed by atoms with E-state index in [-0.39, 0.29) is 17.7 Å². The number of nitrogens with one attached hydrogen (secondary N) is 1. The van der Waals surface area contributed by atoms with Gasteiger partial charge in [-0.25, -0.2) is 0 Å². The van der Waals surface area contributed by atoms with Gasteiger partial charge in [-0.2, -0.15) is 0 Å². The van der Waals surface area contributed by atoms with Crippen LogP contribution in [0.3, 0.4) is 0 Å². The quantitative estimate of drug-likeness (QED) is 0.791. The van der Waals surface area contributed by atoms with E-state index >= 15 is 0 Å². The summed E-state index contributed by atoms with van der Waals surface area (Å²) >= 11 is 3.45. The van der Waals surface area contributed by atoms with Crippen LogP contribution in [-0.4, -0.2) is 24.4 Å². The lowest BCUT2D eigenvalue weighted by Crippen LogP contribution is -2.39. The molecular formula is C19H25BrN2O2. The number of amides is 2.